The van der Waals surface area contributed by atoms with Gasteiger partial charge >= 0.3 is 5.97 Å². The topological polar surface area (TPSA) is 37.3 Å². The molecule has 0 saturated heterocycles. The van der Waals surface area contributed by atoms with Gasteiger partial charge < -0.3 is 5.11 Å². The molecule has 0 bridgehead atoms. The number of aromatic carboxylic acids is 1. The Morgan fingerprint density at radius 3 is 2.86 bits per heavy atom. The van der Waals surface area contributed by atoms with E-state index in [0.29, 0.717) is 5.56 Å². The van der Waals surface area contributed by atoms with Gasteiger partial charge in [-0.25, -0.2) is 4.79 Å². The Hall–Kier alpha value is -0.270. The van der Waals surface area contributed by atoms with Crippen molar-refractivity contribution in [3.05, 3.63) is 26.6 Å². The molecule has 0 aliphatic heterocycles. The molecule has 14 heavy (non-hydrogen) atoms. The lowest BCUT2D eigenvalue weighted by Gasteiger charge is -1.99. The minimum Gasteiger partial charge on any atom is -0.478 e. The highest BCUT2D eigenvalue weighted by molar-refractivity contribution is 14.1. The average molecular weight is 336 g/mol. The van der Waals surface area contributed by atoms with E-state index in [1.807, 2.05) is 34.0 Å². The summed E-state index contributed by atoms with van der Waals surface area (Å²) in [6, 6.07) is 3.56. The lowest BCUT2D eigenvalue weighted by Crippen LogP contribution is -1.98. The zero-order valence-corrected chi connectivity index (χ0v) is 10.7. The summed E-state index contributed by atoms with van der Waals surface area (Å²) >= 11 is 7.87. The third kappa shape index (κ3) is 1.64. The highest BCUT2D eigenvalue weighted by Crippen LogP contribution is 2.31. The Labute approximate surface area is 103 Å². The summed E-state index contributed by atoms with van der Waals surface area (Å²) in [5.74, 6) is -0.893. The molecule has 1 heterocycles. The highest BCUT2D eigenvalue weighted by atomic mass is 127. The van der Waals surface area contributed by atoms with Gasteiger partial charge in [0.05, 0.1) is 5.56 Å². The molecule has 2 nitrogen and oxygen atoms in total. The van der Waals surface area contributed by atoms with Crippen LogP contribution in [0.1, 0.15) is 10.4 Å². The number of thiophene rings is 1. The van der Waals surface area contributed by atoms with E-state index >= 15 is 0 Å². The summed E-state index contributed by atoms with van der Waals surface area (Å²) in [6.07, 6.45) is 0. The molecule has 0 amide bonds. The zero-order valence-electron chi connectivity index (χ0n) is 6.82. The minimum absolute atomic E-state index is 0.340. The summed E-state index contributed by atoms with van der Waals surface area (Å²) in [5, 5.41) is 11.8. The van der Waals surface area contributed by atoms with Gasteiger partial charge in [0.15, 0.2) is 0 Å². The van der Waals surface area contributed by atoms with Gasteiger partial charge in [0.25, 0.3) is 0 Å². The molecule has 2 aromatic rings. The van der Waals surface area contributed by atoms with E-state index in [1.165, 1.54) is 0 Å². The molecule has 0 fully saturated rings. The van der Waals surface area contributed by atoms with E-state index in [-0.39, 0.29) is 0 Å². The molecule has 0 spiro atoms. The van der Waals surface area contributed by atoms with Gasteiger partial charge in [-0.2, -0.15) is 0 Å². The molecular weight excluding hydrogens is 331 g/mol. The van der Waals surface area contributed by atoms with Gasteiger partial charge in [-0.05, 0) is 34.7 Å². The van der Waals surface area contributed by atoms with Crippen LogP contribution in [-0.4, -0.2) is 11.1 Å². The predicted octanol–water partition coefficient (Wildman–Crippen LogP) is 3.49. The number of thiol groups is 1. The summed E-state index contributed by atoms with van der Waals surface area (Å²) in [5.41, 5.74) is 0.340. The van der Waals surface area contributed by atoms with Crippen LogP contribution in [0.15, 0.2) is 22.4 Å². The number of carbonyl (C=O) groups is 1. The molecule has 0 aliphatic rings. The van der Waals surface area contributed by atoms with Crippen LogP contribution in [0, 0.1) is 3.57 Å². The van der Waals surface area contributed by atoms with E-state index in [0.717, 1.165) is 18.6 Å². The zero-order chi connectivity index (χ0) is 10.3. The molecule has 0 radical (unpaired) electrons. The Balaban J connectivity index is 2.80. The first-order chi connectivity index (χ1) is 6.59. The Kier molecular flexibility index (Phi) is 2.72. The number of halogens is 1. The maximum Gasteiger partial charge on any atom is 0.336 e. The number of carboxylic acids is 1. The van der Waals surface area contributed by atoms with Crippen molar-refractivity contribution in [2.45, 2.75) is 4.90 Å². The van der Waals surface area contributed by atoms with Gasteiger partial charge in [-0.3, -0.25) is 0 Å². The van der Waals surface area contributed by atoms with Gasteiger partial charge in [0, 0.05) is 23.9 Å². The van der Waals surface area contributed by atoms with Gasteiger partial charge in [0.1, 0.15) is 0 Å². The third-order valence-corrected chi connectivity index (χ3v) is 4.26. The SMILES string of the molecule is O=C(O)c1cc2c(S)csc2cc1I. The first kappa shape index (κ1) is 10.3. The Morgan fingerprint density at radius 1 is 1.50 bits per heavy atom. The number of hydrogen-bond donors (Lipinski definition) is 2. The number of benzene rings is 1. The standard InChI is InChI=1S/C9H5IO2S2/c10-6-2-8-5(7(13)3-14-8)1-4(6)9(11)12/h1-3,13H,(H,11,12). The van der Waals surface area contributed by atoms with Gasteiger partial charge in [-0.1, -0.05) is 0 Å². The van der Waals surface area contributed by atoms with Crippen molar-refractivity contribution >= 4 is 62.6 Å². The van der Waals surface area contributed by atoms with Crippen LogP contribution in [0.3, 0.4) is 0 Å². The van der Waals surface area contributed by atoms with Crippen LogP contribution >= 0.6 is 46.6 Å². The fourth-order valence-corrected chi connectivity index (χ4v) is 3.37. The summed E-state index contributed by atoms with van der Waals surface area (Å²) < 4.78 is 1.84. The molecule has 1 aromatic carbocycles. The van der Waals surface area contributed by atoms with E-state index < -0.39 is 5.97 Å². The van der Waals surface area contributed by atoms with Crippen LogP contribution < -0.4 is 0 Å². The maximum absolute atomic E-state index is 10.9. The molecule has 1 aromatic heterocycles. The van der Waals surface area contributed by atoms with E-state index in [4.69, 9.17) is 5.11 Å². The lowest BCUT2D eigenvalue weighted by molar-refractivity contribution is 0.0696. The Morgan fingerprint density at radius 2 is 2.21 bits per heavy atom. The minimum atomic E-state index is -0.893. The number of carboxylic acid groups (broad SMARTS) is 1. The molecule has 5 heteroatoms. The van der Waals surface area contributed by atoms with Crippen LogP contribution in [0.2, 0.25) is 0 Å². The number of fused-ring (bicyclic) bond motifs is 1. The van der Waals surface area contributed by atoms with Crippen LogP contribution in [0.4, 0.5) is 0 Å². The Bertz CT molecular complexity index is 519. The predicted molar refractivity (Wildman–Crippen MR) is 68.8 cm³/mol. The van der Waals surface area contributed by atoms with E-state index in [9.17, 15) is 4.79 Å². The van der Waals surface area contributed by atoms with Crippen molar-refractivity contribution in [1.29, 1.82) is 0 Å². The van der Waals surface area contributed by atoms with Crippen LogP contribution in [-0.2, 0) is 0 Å². The average Bonchev–Trinajstić information content (AvgIpc) is 2.46. The number of rotatable bonds is 1. The summed E-state index contributed by atoms with van der Waals surface area (Å²) in [4.78, 5) is 11.7. The van der Waals surface area contributed by atoms with Crippen LogP contribution in [0.25, 0.3) is 10.1 Å². The van der Waals surface area contributed by atoms with Gasteiger partial charge in [-0.15, -0.1) is 24.0 Å². The van der Waals surface area contributed by atoms with E-state index in [2.05, 4.69) is 12.6 Å². The molecule has 0 saturated carbocycles. The normalized spacial score (nSPS) is 10.7. The van der Waals surface area contributed by atoms with Crippen molar-refractivity contribution in [2.24, 2.45) is 0 Å². The van der Waals surface area contributed by atoms with Crippen LogP contribution in [0.5, 0.6) is 0 Å². The molecule has 0 atom stereocenters. The number of hydrogen-bond acceptors (Lipinski definition) is 3. The second-order valence-corrected chi connectivity index (χ2v) is 5.31. The molecule has 72 valence electrons. The van der Waals surface area contributed by atoms with Gasteiger partial charge in [0.2, 0.25) is 0 Å². The first-order valence-electron chi connectivity index (χ1n) is 3.72. The smallest absolute Gasteiger partial charge is 0.336 e. The third-order valence-electron chi connectivity index (χ3n) is 1.87. The fourth-order valence-electron chi connectivity index (χ4n) is 1.20. The highest BCUT2D eigenvalue weighted by Gasteiger charge is 2.11. The molecule has 0 aliphatic carbocycles. The van der Waals surface area contributed by atoms with Crippen molar-refractivity contribution in [1.82, 2.24) is 0 Å². The summed E-state index contributed by atoms with van der Waals surface area (Å²) in [6.45, 7) is 0. The largest absolute Gasteiger partial charge is 0.478 e. The first-order valence-corrected chi connectivity index (χ1v) is 6.13. The summed E-state index contributed by atoms with van der Waals surface area (Å²) in [7, 11) is 0. The molecule has 0 unspecified atom stereocenters. The van der Waals surface area contributed by atoms with Crippen molar-refractivity contribution < 1.29 is 9.90 Å². The molecule has 1 N–H and O–H groups in total. The molecule has 2 rings (SSSR count). The van der Waals surface area contributed by atoms with Crippen molar-refractivity contribution in [3.63, 3.8) is 0 Å². The van der Waals surface area contributed by atoms with E-state index in [1.54, 1.807) is 17.4 Å². The lowest BCUT2D eigenvalue weighted by atomic mass is 10.2. The monoisotopic (exact) mass is 336 g/mol. The second-order valence-electron chi connectivity index (χ2n) is 2.75. The van der Waals surface area contributed by atoms with Crippen molar-refractivity contribution in [3.8, 4) is 0 Å². The van der Waals surface area contributed by atoms with Crippen molar-refractivity contribution in [2.75, 3.05) is 0 Å². The quantitative estimate of drug-likeness (QED) is 0.618. The second kappa shape index (κ2) is 3.71. The molecular formula is C9H5IO2S2. The fraction of sp³-hybridized carbons (Fsp3) is 0. The maximum atomic E-state index is 10.9.